The quantitative estimate of drug-likeness (QED) is 0.221. The van der Waals surface area contributed by atoms with E-state index in [0.717, 1.165) is 19.3 Å². The molecule has 0 aromatic rings. The highest BCUT2D eigenvalue weighted by Gasteiger charge is 2.64. The minimum Gasteiger partial charge on any atom is -0.499 e. The Hall–Kier alpha value is -1.24. The number of hydrogen-bond acceptors (Lipinski definition) is 4. The van der Waals surface area contributed by atoms with Crippen LogP contribution >= 0.6 is 0 Å². The lowest BCUT2D eigenvalue weighted by Crippen LogP contribution is -2.61. The van der Waals surface area contributed by atoms with Gasteiger partial charge in [-0.1, -0.05) is 112 Å². The molecule has 0 aliphatic rings. The summed E-state index contributed by atoms with van der Waals surface area (Å²) in [6.07, 6.45) is 4.94. The number of azo groups is 1. The summed E-state index contributed by atoms with van der Waals surface area (Å²) >= 11 is 0. The molecule has 29 heavy (non-hydrogen) atoms. The van der Waals surface area contributed by atoms with Gasteiger partial charge in [0.15, 0.2) is 0 Å². The van der Waals surface area contributed by atoms with Crippen LogP contribution in [0, 0.1) is 0 Å². The standard InChI is InChI=1S/C22H44N2O4Si/c1-11-12-13-14-15-16-17-27-18(25)23-24-19(26)28-29(20(2,3)4,21(5,6)7)22(8,9)10/h11-17H2,1-10H3. The van der Waals surface area contributed by atoms with Crippen LogP contribution in [0.4, 0.5) is 9.59 Å². The fraction of sp³-hybridized carbons (Fsp3) is 0.909. The van der Waals surface area contributed by atoms with E-state index in [2.05, 4.69) is 79.5 Å². The highest BCUT2D eigenvalue weighted by Crippen LogP contribution is 2.62. The maximum Gasteiger partial charge on any atom is 0.452 e. The zero-order valence-corrected chi connectivity index (χ0v) is 21.5. The highest BCUT2D eigenvalue weighted by atomic mass is 28.4. The number of amides is 2. The van der Waals surface area contributed by atoms with Crippen molar-refractivity contribution in [1.82, 2.24) is 0 Å². The zero-order chi connectivity index (χ0) is 22.9. The normalized spacial score (nSPS) is 13.6. The Morgan fingerprint density at radius 2 is 1.10 bits per heavy atom. The molecule has 0 saturated heterocycles. The molecular weight excluding hydrogens is 384 g/mol. The van der Waals surface area contributed by atoms with Crippen molar-refractivity contribution >= 4 is 20.5 Å². The molecule has 0 atom stereocenters. The van der Waals surface area contributed by atoms with E-state index in [1.807, 2.05) is 0 Å². The average Bonchev–Trinajstić information content (AvgIpc) is 2.53. The average molecular weight is 429 g/mol. The molecular formula is C22H44N2O4Si. The molecule has 0 aromatic carbocycles. The van der Waals surface area contributed by atoms with Gasteiger partial charge >= 0.3 is 12.2 Å². The van der Waals surface area contributed by atoms with Crippen LogP contribution in [-0.4, -0.2) is 27.1 Å². The van der Waals surface area contributed by atoms with Crippen LogP contribution in [0.5, 0.6) is 0 Å². The highest BCUT2D eigenvalue weighted by molar-refractivity contribution is 6.83. The van der Waals surface area contributed by atoms with E-state index in [1.54, 1.807) is 0 Å². The molecule has 7 heteroatoms. The van der Waals surface area contributed by atoms with Crippen LogP contribution in [0.15, 0.2) is 10.2 Å². The van der Waals surface area contributed by atoms with Gasteiger partial charge in [0.2, 0.25) is 0 Å². The van der Waals surface area contributed by atoms with E-state index in [9.17, 15) is 9.59 Å². The van der Waals surface area contributed by atoms with E-state index in [-0.39, 0.29) is 15.1 Å². The van der Waals surface area contributed by atoms with Crippen molar-refractivity contribution in [1.29, 1.82) is 0 Å². The van der Waals surface area contributed by atoms with Crippen molar-refractivity contribution in [3.63, 3.8) is 0 Å². The fourth-order valence-corrected chi connectivity index (χ4v) is 13.1. The molecule has 0 aliphatic carbocycles. The molecule has 0 N–H and O–H groups in total. The summed E-state index contributed by atoms with van der Waals surface area (Å²) in [5, 5.41) is 6.24. The summed E-state index contributed by atoms with van der Waals surface area (Å²) < 4.78 is 11.1. The molecule has 0 spiro atoms. The Kier molecular flexibility index (Phi) is 10.7. The van der Waals surface area contributed by atoms with Crippen LogP contribution in [0.2, 0.25) is 15.1 Å². The summed E-state index contributed by atoms with van der Waals surface area (Å²) in [6.45, 7) is 21.4. The molecule has 2 amide bonds. The van der Waals surface area contributed by atoms with Gasteiger partial charge in [0, 0.05) is 0 Å². The second kappa shape index (κ2) is 11.2. The minimum atomic E-state index is -2.74. The number of rotatable bonds is 8. The largest absolute Gasteiger partial charge is 0.499 e. The lowest BCUT2D eigenvalue weighted by Gasteiger charge is -2.56. The van der Waals surface area contributed by atoms with Crippen molar-refractivity contribution < 1.29 is 18.8 Å². The SMILES string of the molecule is CCCCCCCCOC(=O)N=NC(=O)O[Si](C(C)(C)C)(C(C)(C)C)C(C)(C)C. The van der Waals surface area contributed by atoms with Crippen molar-refractivity contribution in [2.45, 2.75) is 123 Å². The summed E-state index contributed by atoms with van der Waals surface area (Å²) in [7, 11) is -2.74. The maximum absolute atomic E-state index is 12.5. The van der Waals surface area contributed by atoms with Gasteiger partial charge in [0.1, 0.15) is 0 Å². The van der Waals surface area contributed by atoms with E-state index >= 15 is 0 Å². The van der Waals surface area contributed by atoms with Crippen LogP contribution < -0.4 is 0 Å². The second-order valence-electron chi connectivity index (χ2n) is 10.9. The topological polar surface area (TPSA) is 77.3 Å². The molecule has 0 bridgehead atoms. The van der Waals surface area contributed by atoms with E-state index in [0.29, 0.717) is 6.61 Å². The van der Waals surface area contributed by atoms with E-state index in [1.165, 1.54) is 19.3 Å². The van der Waals surface area contributed by atoms with Gasteiger partial charge in [0.05, 0.1) is 6.61 Å². The summed E-state index contributed by atoms with van der Waals surface area (Å²) in [6, 6.07) is 0. The maximum atomic E-state index is 12.5. The van der Waals surface area contributed by atoms with Crippen molar-refractivity contribution in [2.24, 2.45) is 10.2 Å². The fourth-order valence-electron chi connectivity index (χ4n) is 5.14. The first-order valence-electron chi connectivity index (χ1n) is 10.9. The molecule has 170 valence electrons. The van der Waals surface area contributed by atoms with Crippen molar-refractivity contribution in [2.75, 3.05) is 6.61 Å². The molecule has 0 unspecified atom stereocenters. The third-order valence-electron chi connectivity index (χ3n) is 5.35. The van der Waals surface area contributed by atoms with Crippen LogP contribution in [0.3, 0.4) is 0 Å². The number of carbonyl (C=O) groups is 2. The first-order chi connectivity index (χ1) is 13.1. The Morgan fingerprint density at radius 3 is 1.55 bits per heavy atom. The zero-order valence-electron chi connectivity index (χ0n) is 20.5. The lowest BCUT2D eigenvalue weighted by atomic mass is 10.1. The first-order valence-corrected chi connectivity index (χ1v) is 12.8. The molecule has 0 fully saturated rings. The van der Waals surface area contributed by atoms with Crippen LogP contribution in [0.1, 0.15) is 108 Å². The molecule has 0 saturated carbocycles. The first kappa shape index (κ1) is 27.8. The summed E-state index contributed by atoms with van der Waals surface area (Å²) in [5.74, 6) is 0. The third-order valence-corrected chi connectivity index (χ3v) is 12.2. The summed E-state index contributed by atoms with van der Waals surface area (Å²) in [4.78, 5) is 24.3. The third kappa shape index (κ3) is 8.19. The number of hydrogen-bond donors (Lipinski definition) is 0. The predicted molar refractivity (Wildman–Crippen MR) is 121 cm³/mol. The minimum absolute atomic E-state index is 0.229. The Labute approximate surface area is 179 Å². The lowest BCUT2D eigenvalue weighted by molar-refractivity contribution is 0.151. The van der Waals surface area contributed by atoms with Gasteiger partial charge in [-0.05, 0) is 21.5 Å². The molecule has 0 rings (SSSR count). The molecule has 0 heterocycles. The Bertz CT molecular complexity index is 519. The number of unbranched alkanes of at least 4 members (excludes halogenated alkanes) is 5. The molecule has 0 radical (unpaired) electrons. The predicted octanol–water partition coefficient (Wildman–Crippen LogP) is 8.42. The number of nitrogens with zero attached hydrogens (tertiary/aromatic N) is 2. The van der Waals surface area contributed by atoms with Crippen molar-refractivity contribution in [3.8, 4) is 0 Å². The Balaban J connectivity index is 4.95. The Morgan fingerprint density at radius 1 is 0.690 bits per heavy atom. The smallest absolute Gasteiger partial charge is 0.452 e. The number of carbonyl (C=O) groups excluding carboxylic acids is 2. The van der Waals surface area contributed by atoms with Gasteiger partial charge in [-0.15, -0.1) is 0 Å². The van der Waals surface area contributed by atoms with Gasteiger partial charge in [-0.2, -0.15) is 0 Å². The monoisotopic (exact) mass is 428 g/mol. The summed E-state index contributed by atoms with van der Waals surface area (Å²) in [5.41, 5.74) is 0. The number of ether oxygens (including phenoxy) is 1. The van der Waals surface area contributed by atoms with Crippen molar-refractivity contribution in [3.05, 3.63) is 0 Å². The van der Waals surface area contributed by atoms with Gasteiger partial charge < -0.3 is 9.16 Å². The molecule has 0 aliphatic heterocycles. The molecule has 0 aromatic heterocycles. The molecule has 6 nitrogen and oxygen atoms in total. The van der Waals surface area contributed by atoms with Gasteiger partial charge in [-0.25, -0.2) is 9.59 Å². The van der Waals surface area contributed by atoms with E-state index < -0.39 is 20.5 Å². The van der Waals surface area contributed by atoms with E-state index in [4.69, 9.17) is 9.16 Å². The van der Waals surface area contributed by atoms with Gasteiger partial charge in [-0.3, -0.25) is 0 Å². The van der Waals surface area contributed by atoms with Gasteiger partial charge in [0.25, 0.3) is 8.32 Å². The van der Waals surface area contributed by atoms with Crippen LogP contribution in [-0.2, 0) is 9.16 Å². The van der Waals surface area contributed by atoms with Crippen LogP contribution in [0.25, 0.3) is 0 Å². The second-order valence-corrected chi connectivity index (χ2v) is 16.9.